The number of nitrogen functional groups attached to an aromatic ring is 1. The van der Waals surface area contributed by atoms with Gasteiger partial charge >= 0.3 is 0 Å². The Labute approximate surface area is 113 Å². The van der Waals surface area contributed by atoms with Gasteiger partial charge in [0.25, 0.3) is 5.56 Å². The molecule has 0 unspecified atom stereocenters. The van der Waals surface area contributed by atoms with Gasteiger partial charge in [-0.1, -0.05) is 0 Å². The molecule has 0 atom stereocenters. The number of pyridine rings is 1. The van der Waals surface area contributed by atoms with Gasteiger partial charge in [-0.15, -0.1) is 0 Å². The number of rotatable bonds is 2. The molecule has 8 nitrogen and oxygen atoms in total. The van der Waals surface area contributed by atoms with Gasteiger partial charge in [0, 0.05) is 0 Å². The molecule has 3 aromatic heterocycles. The topological polar surface area (TPSA) is 122 Å². The van der Waals surface area contributed by atoms with Crippen LogP contribution in [0, 0.1) is 6.92 Å². The summed E-state index contributed by atoms with van der Waals surface area (Å²) in [5, 5.41) is 9.48. The number of fused-ring (bicyclic) bond motifs is 1. The smallest absolute Gasteiger partial charge is 0.277 e. The quantitative estimate of drug-likeness (QED) is 0.627. The number of nitrogens with two attached hydrogens (primary N) is 1. The normalized spacial score (nSPS) is 10.7. The highest BCUT2D eigenvalue weighted by atomic mass is 16.1. The summed E-state index contributed by atoms with van der Waals surface area (Å²) in [4.78, 5) is 24.3. The van der Waals surface area contributed by atoms with Crippen LogP contribution >= 0.6 is 0 Å². The highest BCUT2D eigenvalue weighted by Gasteiger charge is 2.10. The SMILES string of the molecule is Cc1nc(Nc2ccc(N)nc2)c2c(=O)[nH]ncc2n1. The van der Waals surface area contributed by atoms with Crippen LogP contribution in [0.15, 0.2) is 29.3 Å². The Bertz CT molecular complexity index is 825. The van der Waals surface area contributed by atoms with Crippen LogP contribution in [0.25, 0.3) is 10.9 Å². The third-order valence-corrected chi connectivity index (χ3v) is 2.68. The number of nitrogens with one attached hydrogen (secondary N) is 2. The molecule has 0 aliphatic rings. The van der Waals surface area contributed by atoms with Crippen molar-refractivity contribution in [2.24, 2.45) is 0 Å². The number of hydrogen-bond acceptors (Lipinski definition) is 7. The van der Waals surface area contributed by atoms with Crippen molar-refractivity contribution in [3.63, 3.8) is 0 Å². The van der Waals surface area contributed by atoms with Gasteiger partial charge < -0.3 is 11.1 Å². The molecule has 0 spiro atoms. The summed E-state index contributed by atoms with van der Waals surface area (Å²) < 4.78 is 0. The van der Waals surface area contributed by atoms with E-state index in [0.29, 0.717) is 34.1 Å². The van der Waals surface area contributed by atoms with Gasteiger partial charge in [-0.3, -0.25) is 4.79 Å². The average molecular weight is 269 g/mol. The van der Waals surface area contributed by atoms with E-state index in [1.807, 2.05) is 0 Å². The first-order valence-electron chi connectivity index (χ1n) is 5.84. The Kier molecular flexibility index (Phi) is 2.75. The van der Waals surface area contributed by atoms with Gasteiger partial charge in [0.05, 0.1) is 18.1 Å². The van der Waals surface area contributed by atoms with Crippen LogP contribution in [0.5, 0.6) is 0 Å². The lowest BCUT2D eigenvalue weighted by Gasteiger charge is -2.08. The molecule has 3 rings (SSSR count). The number of nitrogens with zero attached hydrogens (tertiary/aromatic N) is 4. The van der Waals surface area contributed by atoms with E-state index in [0.717, 1.165) is 0 Å². The van der Waals surface area contributed by atoms with Crippen LogP contribution in [0.1, 0.15) is 5.82 Å². The summed E-state index contributed by atoms with van der Waals surface area (Å²) >= 11 is 0. The zero-order valence-corrected chi connectivity index (χ0v) is 10.6. The predicted molar refractivity (Wildman–Crippen MR) is 74.6 cm³/mol. The molecule has 0 aliphatic carbocycles. The highest BCUT2D eigenvalue weighted by molar-refractivity contribution is 5.89. The molecule has 0 saturated heterocycles. The van der Waals surface area contributed by atoms with Crippen molar-refractivity contribution < 1.29 is 0 Å². The maximum absolute atomic E-state index is 11.9. The fourth-order valence-electron chi connectivity index (χ4n) is 1.83. The molecule has 3 heterocycles. The lowest BCUT2D eigenvalue weighted by molar-refractivity contribution is 0.990. The Morgan fingerprint density at radius 1 is 1.25 bits per heavy atom. The second-order valence-electron chi connectivity index (χ2n) is 4.18. The second kappa shape index (κ2) is 4.57. The van der Waals surface area contributed by atoms with E-state index in [2.05, 4.69) is 30.5 Å². The van der Waals surface area contributed by atoms with Crippen molar-refractivity contribution in [3.8, 4) is 0 Å². The minimum Gasteiger partial charge on any atom is -0.384 e. The molecule has 0 aromatic carbocycles. The van der Waals surface area contributed by atoms with Gasteiger partial charge in [-0.2, -0.15) is 5.10 Å². The van der Waals surface area contributed by atoms with Crippen molar-refractivity contribution >= 4 is 28.2 Å². The molecule has 0 saturated carbocycles. The van der Waals surface area contributed by atoms with E-state index in [-0.39, 0.29) is 5.56 Å². The van der Waals surface area contributed by atoms with Gasteiger partial charge in [-0.25, -0.2) is 20.1 Å². The third-order valence-electron chi connectivity index (χ3n) is 2.68. The number of aryl methyl sites for hydroxylation is 1. The monoisotopic (exact) mass is 269 g/mol. The summed E-state index contributed by atoms with van der Waals surface area (Å²) in [6, 6.07) is 3.41. The number of anilines is 3. The maximum atomic E-state index is 11.9. The molecule has 0 aliphatic heterocycles. The van der Waals surface area contributed by atoms with Gasteiger partial charge in [0.2, 0.25) is 0 Å². The van der Waals surface area contributed by atoms with Crippen LogP contribution in [-0.2, 0) is 0 Å². The molecule has 4 N–H and O–H groups in total. The summed E-state index contributed by atoms with van der Waals surface area (Å²) in [7, 11) is 0. The van der Waals surface area contributed by atoms with Crippen LogP contribution in [0.2, 0.25) is 0 Å². The lowest BCUT2D eigenvalue weighted by Crippen LogP contribution is -2.12. The molecule has 0 radical (unpaired) electrons. The van der Waals surface area contributed by atoms with Crippen molar-refractivity contribution in [1.82, 2.24) is 25.1 Å². The number of H-pyrrole nitrogens is 1. The highest BCUT2D eigenvalue weighted by Crippen LogP contribution is 2.20. The van der Waals surface area contributed by atoms with Crippen LogP contribution in [-0.4, -0.2) is 25.1 Å². The zero-order chi connectivity index (χ0) is 14.1. The van der Waals surface area contributed by atoms with Crippen LogP contribution < -0.4 is 16.6 Å². The Balaban J connectivity index is 2.15. The first kappa shape index (κ1) is 12.0. The van der Waals surface area contributed by atoms with Gasteiger partial charge in [0.1, 0.15) is 28.4 Å². The van der Waals surface area contributed by atoms with Crippen molar-refractivity contribution in [2.45, 2.75) is 6.92 Å². The summed E-state index contributed by atoms with van der Waals surface area (Å²) in [5.74, 6) is 1.36. The van der Waals surface area contributed by atoms with E-state index in [1.165, 1.54) is 6.20 Å². The summed E-state index contributed by atoms with van der Waals surface area (Å²) in [6.07, 6.45) is 3.05. The summed E-state index contributed by atoms with van der Waals surface area (Å²) in [6.45, 7) is 1.74. The maximum Gasteiger partial charge on any atom is 0.277 e. The predicted octanol–water partition coefficient (Wildman–Crippen LogP) is 0.742. The standard InChI is InChI=1S/C12H11N7O/c1-6-16-8-5-15-19-12(20)10(8)11(17-6)18-7-2-3-9(13)14-4-7/h2-5H,1H3,(H2,13,14)(H,19,20)(H,16,17,18). The number of hydrogen-bond donors (Lipinski definition) is 3. The molecular weight excluding hydrogens is 258 g/mol. The lowest BCUT2D eigenvalue weighted by atomic mass is 10.3. The first-order valence-corrected chi connectivity index (χ1v) is 5.84. The van der Waals surface area contributed by atoms with E-state index in [1.54, 1.807) is 25.3 Å². The first-order chi connectivity index (χ1) is 9.63. The largest absolute Gasteiger partial charge is 0.384 e. The van der Waals surface area contributed by atoms with Gasteiger partial charge in [0.15, 0.2) is 0 Å². The van der Waals surface area contributed by atoms with E-state index >= 15 is 0 Å². The fourth-order valence-corrected chi connectivity index (χ4v) is 1.83. The molecule has 0 fully saturated rings. The van der Waals surface area contributed by atoms with E-state index in [4.69, 9.17) is 5.73 Å². The zero-order valence-electron chi connectivity index (χ0n) is 10.6. The fraction of sp³-hybridized carbons (Fsp3) is 0.0833. The van der Waals surface area contributed by atoms with E-state index in [9.17, 15) is 4.79 Å². The Hall–Kier alpha value is -3.03. The molecule has 8 heteroatoms. The molecule has 0 amide bonds. The van der Waals surface area contributed by atoms with Crippen molar-refractivity contribution in [2.75, 3.05) is 11.1 Å². The third kappa shape index (κ3) is 2.14. The molecule has 20 heavy (non-hydrogen) atoms. The molecule has 3 aromatic rings. The number of aromatic nitrogens is 5. The minimum atomic E-state index is -0.353. The Morgan fingerprint density at radius 3 is 2.85 bits per heavy atom. The molecule has 100 valence electrons. The Morgan fingerprint density at radius 2 is 2.10 bits per heavy atom. The molecular formula is C12H11N7O. The summed E-state index contributed by atoms with van der Waals surface area (Å²) in [5.41, 5.74) is 6.33. The van der Waals surface area contributed by atoms with Crippen LogP contribution in [0.3, 0.4) is 0 Å². The molecule has 0 bridgehead atoms. The van der Waals surface area contributed by atoms with Crippen LogP contribution in [0.4, 0.5) is 17.3 Å². The number of aromatic amines is 1. The minimum absolute atomic E-state index is 0.349. The van der Waals surface area contributed by atoms with Gasteiger partial charge in [-0.05, 0) is 19.1 Å². The average Bonchev–Trinajstić information content (AvgIpc) is 2.41. The second-order valence-corrected chi connectivity index (χ2v) is 4.18. The van der Waals surface area contributed by atoms with E-state index < -0.39 is 0 Å². The van der Waals surface area contributed by atoms with Crippen molar-refractivity contribution in [3.05, 3.63) is 40.7 Å². The van der Waals surface area contributed by atoms with Crippen molar-refractivity contribution in [1.29, 1.82) is 0 Å².